The van der Waals surface area contributed by atoms with Gasteiger partial charge in [-0.05, 0) is 42.3 Å². The molecule has 170 valence electrons. The Kier molecular flexibility index (Phi) is 7.41. The van der Waals surface area contributed by atoms with Gasteiger partial charge < -0.3 is 24.2 Å². The molecule has 0 bridgehead atoms. The summed E-state index contributed by atoms with van der Waals surface area (Å²) in [4.78, 5) is 27.7. The maximum Gasteiger partial charge on any atom is 0.295 e. The molecule has 1 atom stereocenters. The van der Waals surface area contributed by atoms with E-state index in [2.05, 4.69) is 6.92 Å². The van der Waals surface area contributed by atoms with Gasteiger partial charge in [0.05, 0.1) is 38.5 Å². The first-order valence-corrected chi connectivity index (χ1v) is 10.6. The number of Topliss-reactive ketones (excluding diaryl/α,β-unsaturated/α-hetero) is 1. The fourth-order valence-corrected chi connectivity index (χ4v) is 3.95. The van der Waals surface area contributed by atoms with E-state index in [0.717, 1.165) is 19.3 Å². The number of amides is 1. The van der Waals surface area contributed by atoms with Gasteiger partial charge in [-0.15, -0.1) is 0 Å². The number of ketones is 1. The number of aliphatic hydroxyl groups is 1. The molecule has 1 unspecified atom stereocenters. The topological polar surface area (TPSA) is 85.3 Å². The molecule has 2 aromatic carbocycles. The number of rotatable bonds is 9. The van der Waals surface area contributed by atoms with Crippen molar-refractivity contribution in [1.29, 1.82) is 0 Å². The van der Waals surface area contributed by atoms with Crippen molar-refractivity contribution in [3.8, 4) is 17.2 Å². The van der Waals surface area contributed by atoms with Crippen LogP contribution >= 0.6 is 0 Å². The Bertz CT molecular complexity index is 1030. The van der Waals surface area contributed by atoms with E-state index in [1.54, 1.807) is 43.5 Å². The van der Waals surface area contributed by atoms with E-state index >= 15 is 0 Å². The van der Waals surface area contributed by atoms with Crippen molar-refractivity contribution < 1.29 is 28.9 Å². The molecular formula is C25H29NO6. The number of ether oxygens (including phenoxy) is 3. The van der Waals surface area contributed by atoms with Crippen LogP contribution in [-0.2, 0) is 9.59 Å². The van der Waals surface area contributed by atoms with E-state index in [1.165, 1.54) is 19.1 Å². The number of benzene rings is 2. The van der Waals surface area contributed by atoms with E-state index in [4.69, 9.17) is 14.2 Å². The predicted octanol–water partition coefficient (Wildman–Crippen LogP) is 4.32. The Morgan fingerprint density at radius 1 is 0.969 bits per heavy atom. The number of unbranched alkanes of at least 4 members (excludes halogenated alkanes) is 2. The van der Waals surface area contributed by atoms with Crippen LogP contribution in [0.5, 0.6) is 17.2 Å². The molecular weight excluding hydrogens is 410 g/mol. The van der Waals surface area contributed by atoms with Gasteiger partial charge in [-0.2, -0.15) is 0 Å². The number of hydrogen-bond donors (Lipinski definition) is 1. The third-order valence-electron chi connectivity index (χ3n) is 5.61. The molecule has 0 spiro atoms. The van der Waals surface area contributed by atoms with E-state index in [9.17, 15) is 14.7 Å². The van der Waals surface area contributed by atoms with Crippen LogP contribution in [0.1, 0.15) is 43.4 Å². The first-order chi connectivity index (χ1) is 15.5. The van der Waals surface area contributed by atoms with Crippen LogP contribution in [0.2, 0.25) is 0 Å². The largest absolute Gasteiger partial charge is 0.507 e. The lowest BCUT2D eigenvalue weighted by Crippen LogP contribution is -2.30. The second-order valence-electron chi connectivity index (χ2n) is 7.54. The summed E-state index contributed by atoms with van der Waals surface area (Å²) in [5, 5.41) is 11.3. The fraction of sp³-hybridized carbons (Fsp3) is 0.360. The summed E-state index contributed by atoms with van der Waals surface area (Å²) in [6, 6.07) is 11.4. The van der Waals surface area contributed by atoms with Crippen molar-refractivity contribution in [2.24, 2.45) is 0 Å². The van der Waals surface area contributed by atoms with E-state index in [0.29, 0.717) is 29.4 Å². The first-order valence-electron chi connectivity index (χ1n) is 10.6. The molecule has 1 heterocycles. The molecule has 0 radical (unpaired) electrons. The summed E-state index contributed by atoms with van der Waals surface area (Å²) in [5.74, 6) is -0.202. The van der Waals surface area contributed by atoms with Crippen molar-refractivity contribution >= 4 is 17.4 Å². The first kappa shape index (κ1) is 23.2. The molecule has 0 aromatic heterocycles. The Labute approximate surface area is 188 Å². The summed E-state index contributed by atoms with van der Waals surface area (Å²) < 4.78 is 16.0. The van der Waals surface area contributed by atoms with Crippen LogP contribution in [0.25, 0.3) is 5.76 Å². The zero-order valence-corrected chi connectivity index (χ0v) is 18.9. The summed E-state index contributed by atoms with van der Waals surface area (Å²) >= 11 is 0. The predicted molar refractivity (Wildman–Crippen MR) is 121 cm³/mol. The van der Waals surface area contributed by atoms with Gasteiger partial charge in [0.25, 0.3) is 11.7 Å². The number of nitrogens with zero attached hydrogens (tertiary/aromatic N) is 1. The Morgan fingerprint density at radius 3 is 2.34 bits per heavy atom. The highest BCUT2D eigenvalue weighted by Gasteiger charge is 2.46. The highest BCUT2D eigenvalue weighted by Crippen LogP contribution is 2.42. The lowest BCUT2D eigenvalue weighted by Gasteiger charge is -2.25. The van der Waals surface area contributed by atoms with Crippen LogP contribution in [0.3, 0.4) is 0 Å². The smallest absolute Gasteiger partial charge is 0.295 e. The average molecular weight is 440 g/mol. The normalized spacial score (nSPS) is 17.5. The van der Waals surface area contributed by atoms with Gasteiger partial charge in [-0.25, -0.2) is 0 Å². The number of likely N-dealkylation sites (tertiary alicyclic amines) is 1. The molecule has 1 amide bonds. The third kappa shape index (κ3) is 4.42. The molecule has 1 saturated heterocycles. The van der Waals surface area contributed by atoms with Gasteiger partial charge in [0.1, 0.15) is 23.0 Å². The molecule has 2 aromatic rings. The molecule has 3 rings (SSSR count). The maximum atomic E-state index is 13.1. The van der Waals surface area contributed by atoms with E-state index in [1.807, 2.05) is 6.07 Å². The minimum atomic E-state index is -0.738. The fourth-order valence-electron chi connectivity index (χ4n) is 3.95. The quantitative estimate of drug-likeness (QED) is 0.271. The van der Waals surface area contributed by atoms with Crippen molar-refractivity contribution in [2.45, 2.75) is 32.2 Å². The summed E-state index contributed by atoms with van der Waals surface area (Å²) in [7, 11) is 4.54. The standard InChI is InChI=1S/C25H29NO6/c1-5-6-7-13-26-22(16-9-8-10-17(14-16)30-2)21(24(28)25(26)29)23(27)19-15-18(31-3)11-12-20(19)32-4/h8-12,14-15,22,27H,5-7,13H2,1-4H3/b23-21+. The van der Waals surface area contributed by atoms with Crippen LogP contribution < -0.4 is 14.2 Å². The zero-order chi connectivity index (χ0) is 23.3. The highest BCUT2D eigenvalue weighted by molar-refractivity contribution is 6.46. The number of hydrogen-bond acceptors (Lipinski definition) is 6. The lowest BCUT2D eigenvalue weighted by atomic mass is 9.94. The Balaban J connectivity index is 2.20. The molecule has 1 N–H and O–H groups in total. The van der Waals surface area contributed by atoms with Crippen LogP contribution in [0.15, 0.2) is 48.0 Å². The van der Waals surface area contributed by atoms with E-state index < -0.39 is 17.7 Å². The number of carbonyl (C=O) groups is 2. The molecule has 32 heavy (non-hydrogen) atoms. The van der Waals surface area contributed by atoms with E-state index in [-0.39, 0.29) is 16.9 Å². The van der Waals surface area contributed by atoms with Crippen LogP contribution in [-0.4, -0.2) is 49.6 Å². The molecule has 1 aliphatic rings. The van der Waals surface area contributed by atoms with Crippen molar-refractivity contribution in [3.05, 3.63) is 59.2 Å². The molecule has 0 aliphatic carbocycles. The van der Waals surface area contributed by atoms with Crippen LogP contribution in [0.4, 0.5) is 0 Å². The molecule has 0 saturated carbocycles. The zero-order valence-electron chi connectivity index (χ0n) is 18.9. The number of carbonyl (C=O) groups excluding carboxylic acids is 2. The van der Waals surface area contributed by atoms with Gasteiger partial charge in [0.15, 0.2) is 0 Å². The van der Waals surface area contributed by atoms with Gasteiger partial charge in [0, 0.05) is 6.54 Å². The Hall–Kier alpha value is -3.48. The number of aliphatic hydroxyl groups excluding tert-OH is 1. The SMILES string of the molecule is CCCCCN1C(=O)C(=O)/C(=C(/O)c2cc(OC)ccc2OC)C1c1cccc(OC)c1. The average Bonchev–Trinajstić information content (AvgIpc) is 3.08. The van der Waals surface area contributed by atoms with Gasteiger partial charge >= 0.3 is 0 Å². The summed E-state index contributed by atoms with van der Waals surface area (Å²) in [6.07, 6.45) is 2.67. The van der Waals surface area contributed by atoms with Gasteiger partial charge in [0.2, 0.25) is 0 Å². The summed E-state index contributed by atoms with van der Waals surface area (Å²) in [5.41, 5.74) is 0.987. The van der Waals surface area contributed by atoms with Gasteiger partial charge in [-0.3, -0.25) is 9.59 Å². The van der Waals surface area contributed by atoms with Crippen molar-refractivity contribution in [2.75, 3.05) is 27.9 Å². The lowest BCUT2D eigenvalue weighted by molar-refractivity contribution is -0.139. The minimum absolute atomic E-state index is 0.0197. The van der Waals surface area contributed by atoms with Crippen molar-refractivity contribution in [3.63, 3.8) is 0 Å². The third-order valence-corrected chi connectivity index (χ3v) is 5.61. The van der Waals surface area contributed by atoms with Gasteiger partial charge in [-0.1, -0.05) is 31.9 Å². The number of methoxy groups -OCH3 is 3. The van der Waals surface area contributed by atoms with Crippen molar-refractivity contribution in [1.82, 2.24) is 4.90 Å². The Morgan fingerprint density at radius 2 is 1.69 bits per heavy atom. The molecule has 1 fully saturated rings. The molecule has 7 heteroatoms. The minimum Gasteiger partial charge on any atom is -0.507 e. The summed E-state index contributed by atoms with van der Waals surface area (Å²) in [6.45, 7) is 2.48. The molecule has 1 aliphatic heterocycles. The molecule has 7 nitrogen and oxygen atoms in total. The van der Waals surface area contributed by atoms with Crippen LogP contribution in [0, 0.1) is 0 Å². The maximum absolute atomic E-state index is 13.1. The second kappa shape index (κ2) is 10.2. The monoisotopic (exact) mass is 439 g/mol. The second-order valence-corrected chi connectivity index (χ2v) is 7.54. The highest BCUT2D eigenvalue weighted by atomic mass is 16.5.